The van der Waals surface area contributed by atoms with E-state index < -0.39 is 6.61 Å². The zero-order valence-corrected chi connectivity index (χ0v) is 7.62. The molecule has 1 atom stereocenters. The lowest BCUT2D eigenvalue weighted by Gasteiger charge is -2.14. The van der Waals surface area contributed by atoms with Crippen LogP contribution < -0.4 is 5.32 Å². The molecule has 5 heteroatoms. The maximum absolute atomic E-state index is 11.2. The number of nitrogens with one attached hydrogen (secondary N) is 1. The summed E-state index contributed by atoms with van der Waals surface area (Å²) in [4.78, 5) is 23.7. The van der Waals surface area contributed by atoms with E-state index in [1.165, 1.54) is 4.90 Å². The number of amides is 2. The van der Waals surface area contributed by atoms with Crippen LogP contribution >= 0.6 is 0 Å². The third-order valence-electron chi connectivity index (χ3n) is 2.29. The quantitative estimate of drug-likeness (QED) is 0.555. The van der Waals surface area contributed by atoms with Crippen molar-refractivity contribution in [3.63, 3.8) is 0 Å². The van der Waals surface area contributed by atoms with Crippen molar-refractivity contribution in [1.82, 2.24) is 10.2 Å². The van der Waals surface area contributed by atoms with Gasteiger partial charge in [-0.2, -0.15) is 0 Å². The van der Waals surface area contributed by atoms with E-state index in [9.17, 15) is 9.59 Å². The topological polar surface area (TPSA) is 69.6 Å². The first-order valence-electron chi connectivity index (χ1n) is 4.29. The molecule has 13 heavy (non-hydrogen) atoms. The number of nitrogens with zero attached hydrogens (tertiary/aromatic N) is 1. The molecule has 2 amide bonds. The molecular formula is C8H14N2O3. The van der Waals surface area contributed by atoms with Crippen LogP contribution in [0.1, 0.15) is 6.42 Å². The van der Waals surface area contributed by atoms with Crippen LogP contribution in [0.15, 0.2) is 0 Å². The number of carbonyl (C=O) groups excluding carboxylic acids is 2. The molecule has 1 unspecified atom stereocenters. The van der Waals surface area contributed by atoms with Crippen molar-refractivity contribution >= 4 is 11.8 Å². The summed E-state index contributed by atoms with van der Waals surface area (Å²) in [5, 5.41) is 11.1. The Bertz CT molecular complexity index is 195. The van der Waals surface area contributed by atoms with Gasteiger partial charge in [0.15, 0.2) is 0 Å². The summed E-state index contributed by atoms with van der Waals surface area (Å²) in [6.45, 7) is 0.525. The van der Waals surface area contributed by atoms with Crippen molar-refractivity contribution in [2.75, 3.05) is 26.7 Å². The molecule has 0 bridgehead atoms. The molecule has 74 valence electrons. The van der Waals surface area contributed by atoms with E-state index in [1.54, 1.807) is 7.05 Å². The molecule has 0 aromatic carbocycles. The highest BCUT2D eigenvalue weighted by atomic mass is 16.3. The molecule has 0 aliphatic carbocycles. The summed E-state index contributed by atoms with van der Waals surface area (Å²) in [5.41, 5.74) is 0. The van der Waals surface area contributed by atoms with Gasteiger partial charge in [0, 0.05) is 20.1 Å². The van der Waals surface area contributed by atoms with Gasteiger partial charge in [0.05, 0.1) is 5.92 Å². The predicted molar refractivity (Wildman–Crippen MR) is 45.8 cm³/mol. The van der Waals surface area contributed by atoms with Crippen molar-refractivity contribution in [2.24, 2.45) is 5.92 Å². The second-order valence-electron chi connectivity index (χ2n) is 3.10. The lowest BCUT2D eigenvalue weighted by molar-refractivity contribution is -0.133. The van der Waals surface area contributed by atoms with Crippen molar-refractivity contribution in [2.45, 2.75) is 6.42 Å². The minimum atomic E-state index is -0.472. The Kier molecular flexibility index (Phi) is 3.25. The number of carbonyl (C=O) groups is 2. The van der Waals surface area contributed by atoms with E-state index in [1.807, 2.05) is 0 Å². The summed E-state index contributed by atoms with van der Waals surface area (Å²) in [7, 11) is 1.58. The van der Waals surface area contributed by atoms with Gasteiger partial charge in [-0.1, -0.05) is 0 Å². The zero-order chi connectivity index (χ0) is 9.84. The molecule has 2 N–H and O–H groups in total. The molecule has 5 nitrogen and oxygen atoms in total. The molecule has 0 spiro atoms. The first-order valence-corrected chi connectivity index (χ1v) is 4.29. The van der Waals surface area contributed by atoms with Crippen LogP contribution in [0.5, 0.6) is 0 Å². The Hall–Kier alpha value is -1.10. The largest absolute Gasteiger partial charge is 0.387 e. The molecular weight excluding hydrogens is 172 g/mol. The van der Waals surface area contributed by atoms with E-state index >= 15 is 0 Å². The molecule has 1 heterocycles. The van der Waals surface area contributed by atoms with Gasteiger partial charge < -0.3 is 15.3 Å². The van der Waals surface area contributed by atoms with E-state index in [0.29, 0.717) is 19.5 Å². The fourth-order valence-electron chi connectivity index (χ4n) is 1.50. The summed E-state index contributed by atoms with van der Waals surface area (Å²) in [6, 6.07) is 0. The van der Waals surface area contributed by atoms with Crippen LogP contribution in [-0.4, -0.2) is 48.6 Å². The van der Waals surface area contributed by atoms with Gasteiger partial charge in [-0.25, -0.2) is 0 Å². The molecule has 0 aromatic heterocycles. The van der Waals surface area contributed by atoms with Crippen LogP contribution in [0.3, 0.4) is 0 Å². The van der Waals surface area contributed by atoms with E-state index in [-0.39, 0.29) is 17.7 Å². The number of likely N-dealkylation sites (tertiary alicyclic amines) is 1. The van der Waals surface area contributed by atoms with Crippen molar-refractivity contribution in [1.29, 1.82) is 0 Å². The SMILES string of the molecule is CNC(=O)C1CCN(C(=O)CO)C1. The van der Waals surface area contributed by atoms with E-state index in [2.05, 4.69) is 5.32 Å². The van der Waals surface area contributed by atoms with Gasteiger partial charge >= 0.3 is 0 Å². The monoisotopic (exact) mass is 186 g/mol. The summed E-state index contributed by atoms with van der Waals surface area (Å²) in [6.07, 6.45) is 0.686. The molecule has 1 aliphatic heterocycles. The third-order valence-corrected chi connectivity index (χ3v) is 2.29. The second kappa shape index (κ2) is 4.23. The molecule has 1 rings (SSSR count). The maximum Gasteiger partial charge on any atom is 0.248 e. The normalized spacial score (nSPS) is 21.7. The fourth-order valence-corrected chi connectivity index (χ4v) is 1.50. The Morgan fingerprint density at radius 3 is 2.85 bits per heavy atom. The summed E-state index contributed by atoms with van der Waals surface area (Å²) < 4.78 is 0. The van der Waals surface area contributed by atoms with Gasteiger partial charge in [-0.15, -0.1) is 0 Å². The van der Waals surface area contributed by atoms with Crippen molar-refractivity contribution in [3.05, 3.63) is 0 Å². The van der Waals surface area contributed by atoms with Crippen LogP contribution in [0.25, 0.3) is 0 Å². The maximum atomic E-state index is 11.2. The minimum absolute atomic E-state index is 0.0340. The van der Waals surface area contributed by atoms with E-state index in [4.69, 9.17) is 5.11 Å². The standard InChI is InChI=1S/C8H14N2O3/c1-9-8(13)6-2-3-10(4-6)7(12)5-11/h6,11H,2-5H2,1H3,(H,9,13). The van der Waals surface area contributed by atoms with Gasteiger partial charge in [0.25, 0.3) is 0 Å². The molecule has 0 saturated carbocycles. The average molecular weight is 186 g/mol. The van der Waals surface area contributed by atoms with Gasteiger partial charge in [-0.05, 0) is 6.42 Å². The van der Waals surface area contributed by atoms with E-state index in [0.717, 1.165) is 0 Å². The number of aliphatic hydroxyl groups excluding tert-OH is 1. The van der Waals surface area contributed by atoms with Crippen LogP contribution in [0.4, 0.5) is 0 Å². The Morgan fingerprint density at radius 1 is 1.62 bits per heavy atom. The van der Waals surface area contributed by atoms with Crippen molar-refractivity contribution < 1.29 is 14.7 Å². The highest BCUT2D eigenvalue weighted by molar-refractivity contribution is 5.82. The lowest BCUT2D eigenvalue weighted by atomic mass is 10.1. The molecule has 1 saturated heterocycles. The number of aliphatic hydroxyl groups is 1. The number of hydrogen-bond donors (Lipinski definition) is 2. The molecule has 0 radical (unpaired) electrons. The summed E-state index contributed by atoms with van der Waals surface area (Å²) >= 11 is 0. The smallest absolute Gasteiger partial charge is 0.248 e. The van der Waals surface area contributed by atoms with Gasteiger partial charge in [0.2, 0.25) is 11.8 Å². The average Bonchev–Trinajstić information content (AvgIpc) is 2.64. The van der Waals surface area contributed by atoms with Gasteiger partial charge in [0.1, 0.15) is 6.61 Å². The Labute approximate surface area is 76.7 Å². The summed E-state index contributed by atoms with van der Waals surface area (Å²) in [5.74, 6) is -0.444. The molecule has 1 aliphatic rings. The minimum Gasteiger partial charge on any atom is -0.387 e. The Morgan fingerprint density at radius 2 is 2.31 bits per heavy atom. The number of rotatable bonds is 2. The van der Waals surface area contributed by atoms with Gasteiger partial charge in [-0.3, -0.25) is 9.59 Å². The van der Waals surface area contributed by atoms with Crippen LogP contribution in [0.2, 0.25) is 0 Å². The first kappa shape index (κ1) is 9.98. The van der Waals surface area contributed by atoms with Crippen LogP contribution in [0, 0.1) is 5.92 Å². The highest BCUT2D eigenvalue weighted by Crippen LogP contribution is 2.15. The first-order chi connectivity index (χ1) is 6.19. The van der Waals surface area contributed by atoms with Crippen molar-refractivity contribution in [3.8, 4) is 0 Å². The molecule has 0 aromatic rings. The third kappa shape index (κ3) is 2.18. The zero-order valence-electron chi connectivity index (χ0n) is 7.62. The predicted octanol–water partition coefficient (Wildman–Crippen LogP) is -1.43. The lowest BCUT2D eigenvalue weighted by Crippen LogP contribution is -2.34. The van der Waals surface area contributed by atoms with Crippen LogP contribution in [-0.2, 0) is 9.59 Å². The highest BCUT2D eigenvalue weighted by Gasteiger charge is 2.29. The fraction of sp³-hybridized carbons (Fsp3) is 0.750. The Balaban J connectivity index is 2.44. The second-order valence-corrected chi connectivity index (χ2v) is 3.10. The number of hydrogen-bond acceptors (Lipinski definition) is 3. The molecule has 1 fully saturated rings.